The second-order valence-corrected chi connectivity index (χ2v) is 26.6. The molecule has 11 heteroatoms. The molecule has 1 aromatic carbocycles. The first kappa shape index (κ1) is 41.9. The van der Waals surface area contributed by atoms with Crippen LogP contribution in [0.4, 0.5) is 0 Å². The van der Waals surface area contributed by atoms with Crippen molar-refractivity contribution in [3.05, 3.63) is 48.6 Å². The van der Waals surface area contributed by atoms with Gasteiger partial charge in [-0.15, -0.1) is 0 Å². The molecule has 0 saturated carbocycles. The zero-order chi connectivity index (χ0) is 37.1. The Morgan fingerprint density at radius 1 is 0.918 bits per heavy atom. The normalized spacial score (nSPS) is 26.0. The average molecular weight is 723 g/mol. The van der Waals surface area contributed by atoms with Crippen LogP contribution in [0.3, 0.4) is 0 Å². The van der Waals surface area contributed by atoms with Crippen LogP contribution in [-0.2, 0) is 27.8 Å². The minimum atomic E-state index is -2.38. The van der Waals surface area contributed by atoms with Crippen LogP contribution in [0, 0.1) is 0 Å². The Balaban J connectivity index is 2.00. The van der Waals surface area contributed by atoms with Gasteiger partial charge in [-0.25, -0.2) is 0 Å². The van der Waals surface area contributed by atoms with E-state index >= 15 is 0 Å². The molecule has 280 valence electrons. The van der Waals surface area contributed by atoms with Crippen molar-refractivity contribution in [3.8, 4) is 11.5 Å². The fraction of sp³-hybridized carbons (Fsp3) is 0.737. The van der Waals surface area contributed by atoms with Crippen LogP contribution in [0.15, 0.2) is 48.6 Å². The monoisotopic (exact) mass is 722 g/mol. The van der Waals surface area contributed by atoms with Gasteiger partial charge < -0.3 is 42.4 Å². The van der Waals surface area contributed by atoms with Gasteiger partial charge in [0.1, 0.15) is 35.4 Å². The number of rotatable bonds is 15. The molecule has 1 saturated heterocycles. The summed E-state index contributed by atoms with van der Waals surface area (Å²) in [4.78, 5) is 0. The van der Waals surface area contributed by atoms with Crippen molar-refractivity contribution in [1.82, 2.24) is 0 Å². The van der Waals surface area contributed by atoms with E-state index in [0.29, 0.717) is 25.4 Å². The maximum Gasteiger partial charge on any atom is 0.192 e. The lowest BCUT2D eigenvalue weighted by Gasteiger charge is -2.46. The zero-order valence-corrected chi connectivity index (χ0v) is 34.9. The fourth-order valence-corrected chi connectivity index (χ4v) is 7.95. The molecule has 1 aromatic rings. The van der Waals surface area contributed by atoms with Crippen molar-refractivity contribution in [2.75, 3.05) is 20.3 Å². The van der Waals surface area contributed by atoms with Gasteiger partial charge in [-0.05, 0) is 100 Å². The Morgan fingerprint density at radius 3 is 2.00 bits per heavy atom. The minimum absolute atomic E-state index is 0.0275. The van der Waals surface area contributed by atoms with Gasteiger partial charge in [0.15, 0.2) is 28.7 Å². The van der Waals surface area contributed by atoms with Crippen LogP contribution in [0.2, 0.25) is 36.3 Å². The van der Waals surface area contributed by atoms with Crippen LogP contribution in [0.5, 0.6) is 11.5 Å². The summed E-state index contributed by atoms with van der Waals surface area (Å²) in [5, 5.41) is 12.3. The van der Waals surface area contributed by atoms with Crippen LogP contribution in [0.1, 0.15) is 75.7 Å². The molecule has 0 aliphatic carbocycles. The van der Waals surface area contributed by atoms with Gasteiger partial charge in [0.2, 0.25) is 0 Å². The first-order valence-electron chi connectivity index (χ1n) is 17.7. The molecule has 7 atom stereocenters. The maximum absolute atomic E-state index is 12.4. The van der Waals surface area contributed by atoms with Crippen molar-refractivity contribution in [2.45, 2.75) is 160 Å². The van der Waals surface area contributed by atoms with Gasteiger partial charge in [-0.1, -0.05) is 53.7 Å². The molecule has 1 fully saturated rings. The van der Waals surface area contributed by atoms with Gasteiger partial charge in [0, 0.05) is 13.0 Å². The number of aliphatic hydroxyl groups is 1. The van der Waals surface area contributed by atoms with E-state index in [1.807, 2.05) is 63.3 Å². The van der Waals surface area contributed by atoms with Crippen LogP contribution >= 0.6 is 0 Å². The molecule has 2 aliphatic heterocycles. The Kier molecular flexibility index (Phi) is 13.7. The molecule has 9 nitrogen and oxygen atoms in total. The number of benzene rings is 1. The first-order chi connectivity index (χ1) is 22.4. The molecule has 2 aliphatic rings. The molecular weight excluding hydrogens is 657 g/mol. The van der Waals surface area contributed by atoms with Crippen LogP contribution in [0.25, 0.3) is 0 Å². The van der Waals surface area contributed by atoms with Crippen molar-refractivity contribution >= 4 is 16.6 Å². The molecule has 0 bridgehead atoms. The van der Waals surface area contributed by atoms with Gasteiger partial charge in [-0.3, -0.25) is 0 Å². The molecule has 3 rings (SSSR count). The van der Waals surface area contributed by atoms with Crippen molar-refractivity contribution in [3.63, 3.8) is 0 Å². The largest absolute Gasteiger partial charge is 0.497 e. The predicted octanol–water partition coefficient (Wildman–Crippen LogP) is 8.39. The van der Waals surface area contributed by atoms with Gasteiger partial charge in [0.25, 0.3) is 0 Å². The highest BCUT2D eigenvalue weighted by Gasteiger charge is 2.49. The van der Waals surface area contributed by atoms with E-state index in [9.17, 15) is 5.11 Å². The minimum Gasteiger partial charge on any atom is -0.497 e. The summed E-state index contributed by atoms with van der Waals surface area (Å²) >= 11 is 0. The third-order valence-electron chi connectivity index (χ3n) is 10.4. The third kappa shape index (κ3) is 11.5. The van der Waals surface area contributed by atoms with Gasteiger partial charge >= 0.3 is 0 Å². The SMILES string of the molecule is CCOC1C=C[C@H](Oc2ccc(OC)cc2)[C@H](C=C[C@@](C)(O)[C@@H](C[C@@H](O[Si](C)(C)C(C)(C)C)[C@H]2COC(C)(C)O2)O[Si](C)(C)C(C)(C)C)O1. The van der Waals surface area contributed by atoms with Crippen LogP contribution < -0.4 is 9.47 Å². The highest BCUT2D eigenvalue weighted by atomic mass is 28.4. The Hall–Kier alpha value is -1.55. The smallest absolute Gasteiger partial charge is 0.192 e. The van der Waals surface area contributed by atoms with Crippen molar-refractivity contribution in [1.29, 1.82) is 0 Å². The summed E-state index contributed by atoms with van der Waals surface area (Å²) in [6.07, 6.45) is 5.05. The summed E-state index contributed by atoms with van der Waals surface area (Å²) in [6.45, 7) is 30.7. The lowest BCUT2D eigenvalue weighted by molar-refractivity contribution is -0.154. The Morgan fingerprint density at radius 2 is 1.49 bits per heavy atom. The van der Waals surface area contributed by atoms with Crippen LogP contribution in [-0.4, -0.2) is 90.3 Å². The highest BCUT2D eigenvalue weighted by Crippen LogP contribution is 2.43. The summed E-state index contributed by atoms with van der Waals surface area (Å²) < 4.78 is 50.4. The van der Waals surface area contributed by atoms with E-state index in [-0.39, 0.29) is 22.3 Å². The summed E-state index contributed by atoms with van der Waals surface area (Å²) in [6, 6.07) is 7.43. The maximum atomic E-state index is 12.4. The predicted molar refractivity (Wildman–Crippen MR) is 200 cm³/mol. The Bertz CT molecular complexity index is 1250. The highest BCUT2D eigenvalue weighted by molar-refractivity contribution is 6.74. The second kappa shape index (κ2) is 16.0. The van der Waals surface area contributed by atoms with E-state index in [1.54, 1.807) is 20.1 Å². The van der Waals surface area contributed by atoms with E-state index in [1.165, 1.54) is 0 Å². The standard InChI is InChI=1S/C38H66O9Si2/c1-16-41-34-22-21-29(43-28-19-17-27(40-11)18-20-28)30(44-34)23-24-38(10,39)33(47-49(14,15)36(5,6)7)25-31(32-26-42-37(8,9)45-32)46-48(12,13)35(2,3)4/h17-24,29-34,39H,16,25-26H2,1-15H3/t29-,30-,31+,32+,33+,34?,38+/m0/s1. The zero-order valence-electron chi connectivity index (χ0n) is 32.9. The molecule has 0 aromatic heterocycles. The molecule has 1 N–H and O–H groups in total. The lowest BCUT2D eigenvalue weighted by atomic mass is 9.91. The second-order valence-electron chi connectivity index (χ2n) is 17.0. The van der Waals surface area contributed by atoms with E-state index in [4.69, 9.17) is 37.3 Å². The van der Waals surface area contributed by atoms with E-state index < -0.39 is 52.6 Å². The quantitative estimate of drug-likeness (QED) is 0.142. The van der Waals surface area contributed by atoms with Gasteiger partial charge in [-0.2, -0.15) is 0 Å². The lowest BCUT2D eigenvalue weighted by Crippen LogP contribution is -2.55. The number of methoxy groups -OCH3 is 1. The molecule has 0 radical (unpaired) electrons. The number of ether oxygens (including phenoxy) is 6. The first-order valence-corrected chi connectivity index (χ1v) is 23.6. The third-order valence-corrected chi connectivity index (χ3v) is 19.4. The topological polar surface area (TPSA) is 94.1 Å². The Labute approximate surface area is 298 Å². The van der Waals surface area contributed by atoms with Gasteiger partial charge in [0.05, 0.1) is 25.9 Å². The molecule has 1 unspecified atom stereocenters. The van der Waals surface area contributed by atoms with Crippen molar-refractivity contribution < 1.29 is 42.4 Å². The van der Waals surface area contributed by atoms with E-state index in [0.717, 1.165) is 5.75 Å². The molecule has 0 amide bonds. The summed E-state index contributed by atoms with van der Waals surface area (Å²) in [5.74, 6) is 0.693. The summed E-state index contributed by atoms with van der Waals surface area (Å²) in [7, 11) is -3.01. The molecular formula is C38H66O9Si2. The van der Waals surface area contributed by atoms with E-state index in [2.05, 4.69) is 67.7 Å². The fourth-order valence-electron chi connectivity index (χ4n) is 5.20. The molecule has 49 heavy (non-hydrogen) atoms. The summed E-state index contributed by atoms with van der Waals surface area (Å²) in [5.41, 5.74) is -1.41. The number of hydrogen-bond acceptors (Lipinski definition) is 9. The number of hydrogen-bond donors (Lipinski definition) is 1. The average Bonchev–Trinajstić information content (AvgIpc) is 3.35. The molecule has 2 heterocycles. The van der Waals surface area contributed by atoms with Crippen molar-refractivity contribution in [2.24, 2.45) is 0 Å². The molecule has 0 spiro atoms.